The molecular formula is C16H14N6O. The van der Waals surface area contributed by atoms with Crippen molar-refractivity contribution in [2.75, 3.05) is 18.4 Å². The molecule has 1 aromatic carbocycles. The standard InChI is InChI=1S/C16H14N6O/c23-16(14-8-17-12-4-1-2-5-13(12)20-14)22-9-11(10-22)19-15-6-3-7-18-21-15/h1-8,11H,9-10H2,(H,19,21). The average molecular weight is 306 g/mol. The van der Waals surface area contributed by atoms with E-state index in [0.717, 1.165) is 16.9 Å². The smallest absolute Gasteiger partial charge is 0.274 e. The van der Waals surface area contributed by atoms with Gasteiger partial charge in [0.25, 0.3) is 5.91 Å². The number of fused-ring (bicyclic) bond motifs is 1. The summed E-state index contributed by atoms with van der Waals surface area (Å²) in [5.74, 6) is 0.621. The van der Waals surface area contributed by atoms with E-state index in [0.29, 0.717) is 18.8 Å². The second-order valence-corrected chi connectivity index (χ2v) is 5.40. The van der Waals surface area contributed by atoms with Gasteiger partial charge in [0.05, 0.1) is 23.3 Å². The van der Waals surface area contributed by atoms with Gasteiger partial charge in [-0.25, -0.2) is 4.98 Å². The highest BCUT2D eigenvalue weighted by molar-refractivity contribution is 5.94. The predicted molar refractivity (Wildman–Crippen MR) is 84.9 cm³/mol. The van der Waals surface area contributed by atoms with Crippen LogP contribution in [-0.4, -0.2) is 50.1 Å². The van der Waals surface area contributed by atoms with Gasteiger partial charge in [-0.1, -0.05) is 12.1 Å². The minimum atomic E-state index is -0.0968. The first-order chi connectivity index (χ1) is 11.3. The molecule has 7 nitrogen and oxygen atoms in total. The summed E-state index contributed by atoms with van der Waals surface area (Å²) in [6.45, 7) is 1.23. The van der Waals surface area contributed by atoms with Gasteiger partial charge in [0.15, 0.2) is 0 Å². The lowest BCUT2D eigenvalue weighted by Gasteiger charge is -2.39. The Morgan fingerprint density at radius 3 is 2.74 bits per heavy atom. The van der Waals surface area contributed by atoms with Crippen molar-refractivity contribution in [3.05, 3.63) is 54.5 Å². The van der Waals surface area contributed by atoms with Gasteiger partial charge in [-0.15, -0.1) is 5.10 Å². The number of aromatic nitrogens is 4. The van der Waals surface area contributed by atoms with Crippen LogP contribution in [0.3, 0.4) is 0 Å². The van der Waals surface area contributed by atoms with E-state index in [4.69, 9.17) is 0 Å². The van der Waals surface area contributed by atoms with E-state index in [1.54, 1.807) is 11.1 Å². The summed E-state index contributed by atoms with van der Waals surface area (Å²) in [5, 5.41) is 11.0. The molecular weight excluding hydrogens is 292 g/mol. The van der Waals surface area contributed by atoms with Gasteiger partial charge in [0.1, 0.15) is 11.5 Å². The number of hydrogen-bond acceptors (Lipinski definition) is 6. The van der Waals surface area contributed by atoms with E-state index in [1.165, 1.54) is 6.20 Å². The third kappa shape index (κ3) is 2.68. The van der Waals surface area contributed by atoms with Gasteiger partial charge < -0.3 is 10.2 Å². The zero-order valence-corrected chi connectivity index (χ0v) is 12.3. The average Bonchev–Trinajstić information content (AvgIpc) is 2.57. The molecule has 0 saturated carbocycles. The maximum Gasteiger partial charge on any atom is 0.274 e. The summed E-state index contributed by atoms with van der Waals surface area (Å²) in [6, 6.07) is 11.4. The second-order valence-electron chi connectivity index (χ2n) is 5.40. The third-order valence-electron chi connectivity index (χ3n) is 3.76. The van der Waals surface area contributed by atoms with Gasteiger partial charge in [-0.2, -0.15) is 5.10 Å². The molecule has 0 radical (unpaired) electrons. The maximum atomic E-state index is 12.4. The van der Waals surface area contributed by atoms with Crippen LogP contribution in [0.15, 0.2) is 48.8 Å². The van der Waals surface area contributed by atoms with Crippen molar-refractivity contribution in [1.29, 1.82) is 0 Å². The van der Waals surface area contributed by atoms with Gasteiger partial charge in [0.2, 0.25) is 0 Å². The van der Waals surface area contributed by atoms with Crippen LogP contribution in [0.1, 0.15) is 10.5 Å². The Bertz CT molecular complexity index is 847. The first-order valence-corrected chi connectivity index (χ1v) is 7.35. The van der Waals surface area contributed by atoms with Gasteiger partial charge in [-0.05, 0) is 24.3 Å². The van der Waals surface area contributed by atoms with Crippen molar-refractivity contribution in [3.63, 3.8) is 0 Å². The van der Waals surface area contributed by atoms with E-state index >= 15 is 0 Å². The van der Waals surface area contributed by atoms with E-state index in [-0.39, 0.29) is 11.9 Å². The number of nitrogens with one attached hydrogen (secondary N) is 1. The lowest BCUT2D eigenvalue weighted by atomic mass is 10.1. The van der Waals surface area contributed by atoms with E-state index in [1.807, 2.05) is 36.4 Å². The Labute approximate surface area is 132 Å². The Hall–Kier alpha value is -3.09. The lowest BCUT2D eigenvalue weighted by Crippen LogP contribution is -2.57. The summed E-state index contributed by atoms with van der Waals surface area (Å²) in [6.07, 6.45) is 3.16. The van der Waals surface area contributed by atoms with Crippen molar-refractivity contribution in [3.8, 4) is 0 Å². The molecule has 1 saturated heterocycles. The third-order valence-corrected chi connectivity index (χ3v) is 3.76. The Morgan fingerprint density at radius 1 is 1.13 bits per heavy atom. The van der Waals surface area contributed by atoms with Gasteiger partial charge in [0, 0.05) is 19.3 Å². The molecule has 1 amide bonds. The number of amides is 1. The fourth-order valence-electron chi connectivity index (χ4n) is 2.55. The van der Waals surface area contributed by atoms with Crippen molar-refractivity contribution >= 4 is 22.8 Å². The summed E-state index contributed by atoms with van der Waals surface area (Å²) in [5.41, 5.74) is 1.89. The first kappa shape index (κ1) is 13.6. The number of likely N-dealkylation sites (tertiary alicyclic amines) is 1. The highest BCUT2D eigenvalue weighted by atomic mass is 16.2. The number of rotatable bonds is 3. The molecule has 1 aliphatic rings. The molecule has 0 unspecified atom stereocenters. The van der Waals surface area contributed by atoms with Crippen molar-refractivity contribution < 1.29 is 4.79 Å². The number of carbonyl (C=O) groups excluding carboxylic acids is 1. The number of carbonyl (C=O) groups is 1. The van der Waals surface area contributed by atoms with Crippen LogP contribution in [0.4, 0.5) is 5.82 Å². The van der Waals surface area contributed by atoms with Gasteiger partial charge in [-0.3, -0.25) is 9.78 Å². The zero-order chi connectivity index (χ0) is 15.6. The van der Waals surface area contributed by atoms with E-state index in [2.05, 4.69) is 25.5 Å². The molecule has 3 heterocycles. The predicted octanol–water partition coefficient (Wildman–Crippen LogP) is 1.36. The number of hydrogen-bond donors (Lipinski definition) is 1. The summed E-state index contributed by atoms with van der Waals surface area (Å²) < 4.78 is 0. The molecule has 0 atom stereocenters. The molecule has 4 rings (SSSR count). The fourth-order valence-corrected chi connectivity index (χ4v) is 2.55. The summed E-state index contributed by atoms with van der Waals surface area (Å²) in [4.78, 5) is 22.9. The summed E-state index contributed by atoms with van der Waals surface area (Å²) >= 11 is 0. The molecule has 1 aliphatic heterocycles. The van der Waals surface area contributed by atoms with Crippen LogP contribution in [0, 0.1) is 0 Å². The van der Waals surface area contributed by atoms with Crippen LogP contribution < -0.4 is 5.32 Å². The quantitative estimate of drug-likeness (QED) is 0.786. The Balaban J connectivity index is 1.42. The van der Waals surface area contributed by atoms with Crippen molar-refractivity contribution in [2.24, 2.45) is 0 Å². The van der Waals surface area contributed by atoms with Crippen molar-refractivity contribution in [1.82, 2.24) is 25.1 Å². The highest BCUT2D eigenvalue weighted by Gasteiger charge is 2.32. The second kappa shape index (κ2) is 5.60. The number of benzene rings is 1. The van der Waals surface area contributed by atoms with Crippen LogP contribution in [0.25, 0.3) is 11.0 Å². The molecule has 0 spiro atoms. The minimum absolute atomic E-state index is 0.0968. The van der Waals surface area contributed by atoms with Crippen LogP contribution >= 0.6 is 0 Å². The highest BCUT2D eigenvalue weighted by Crippen LogP contribution is 2.16. The molecule has 23 heavy (non-hydrogen) atoms. The fraction of sp³-hybridized carbons (Fsp3) is 0.188. The van der Waals surface area contributed by atoms with Crippen LogP contribution in [0.2, 0.25) is 0 Å². The van der Waals surface area contributed by atoms with Crippen LogP contribution in [0.5, 0.6) is 0 Å². The summed E-state index contributed by atoms with van der Waals surface area (Å²) in [7, 11) is 0. The topological polar surface area (TPSA) is 83.9 Å². The largest absolute Gasteiger partial charge is 0.362 e. The molecule has 0 aliphatic carbocycles. The number of nitrogens with zero attached hydrogens (tertiary/aromatic N) is 5. The van der Waals surface area contributed by atoms with Crippen LogP contribution in [-0.2, 0) is 0 Å². The normalized spacial score (nSPS) is 14.5. The lowest BCUT2D eigenvalue weighted by molar-refractivity contribution is 0.0618. The molecule has 7 heteroatoms. The SMILES string of the molecule is O=C(c1cnc2ccccc2n1)N1CC(Nc2cccnn2)C1. The molecule has 114 valence electrons. The number of anilines is 1. The monoisotopic (exact) mass is 306 g/mol. The maximum absolute atomic E-state index is 12.4. The van der Waals surface area contributed by atoms with Crippen molar-refractivity contribution in [2.45, 2.75) is 6.04 Å². The Kier molecular flexibility index (Phi) is 3.30. The van der Waals surface area contributed by atoms with E-state index in [9.17, 15) is 4.79 Å². The molecule has 3 aromatic rings. The Morgan fingerprint density at radius 2 is 1.96 bits per heavy atom. The first-order valence-electron chi connectivity index (χ1n) is 7.35. The minimum Gasteiger partial charge on any atom is -0.362 e. The van der Waals surface area contributed by atoms with Gasteiger partial charge >= 0.3 is 0 Å². The number of para-hydroxylation sites is 2. The molecule has 1 N–H and O–H groups in total. The molecule has 2 aromatic heterocycles. The molecule has 0 bridgehead atoms. The van der Waals surface area contributed by atoms with E-state index < -0.39 is 0 Å². The zero-order valence-electron chi connectivity index (χ0n) is 12.3. The molecule has 1 fully saturated rings.